The van der Waals surface area contributed by atoms with Crippen molar-refractivity contribution in [3.05, 3.63) is 44.4 Å². The smallest absolute Gasteiger partial charge is 0.182 e. The molecule has 0 aliphatic rings. The molecule has 2 rings (SSSR count). The number of H-pyrrole nitrogens is 1. The van der Waals surface area contributed by atoms with Crippen LogP contribution in [0, 0.1) is 4.77 Å². The van der Waals surface area contributed by atoms with Crippen LogP contribution in [0.4, 0.5) is 0 Å². The number of aromatic amines is 1. The topological polar surface area (TPSA) is 20.7 Å². The first kappa shape index (κ1) is 11.9. The highest BCUT2D eigenvalue weighted by molar-refractivity contribution is 9.10. The fourth-order valence-electron chi connectivity index (χ4n) is 1.59. The molecule has 0 amide bonds. The third-order valence-electron chi connectivity index (χ3n) is 2.36. The fraction of sp³-hybridized carbons (Fsp3) is 0.182. The van der Waals surface area contributed by atoms with E-state index >= 15 is 0 Å². The van der Waals surface area contributed by atoms with Crippen LogP contribution in [0.2, 0.25) is 5.02 Å². The molecule has 0 saturated heterocycles. The van der Waals surface area contributed by atoms with Crippen LogP contribution in [-0.2, 0) is 6.42 Å². The number of nitrogens with one attached hydrogen (secondary N) is 1. The van der Waals surface area contributed by atoms with E-state index in [1.54, 1.807) is 0 Å². The van der Waals surface area contributed by atoms with E-state index in [0.717, 1.165) is 22.3 Å². The molecule has 84 valence electrons. The standard InChI is InChI=1S/C11H10BrClN2S/c1-2-8-6-14-11(16)15(8)10-5-7(12)3-4-9(10)13/h3-6H,2H2,1H3,(H,14,16). The van der Waals surface area contributed by atoms with Crippen LogP contribution >= 0.6 is 39.7 Å². The number of nitrogens with zero attached hydrogens (tertiary/aromatic N) is 1. The molecule has 0 radical (unpaired) electrons. The number of aromatic nitrogens is 2. The van der Waals surface area contributed by atoms with Crippen molar-refractivity contribution in [2.24, 2.45) is 0 Å². The largest absolute Gasteiger partial charge is 0.337 e. The van der Waals surface area contributed by atoms with Gasteiger partial charge in [0.15, 0.2) is 4.77 Å². The number of halogens is 2. The van der Waals surface area contributed by atoms with E-state index in [0.29, 0.717) is 9.79 Å². The molecule has 2 aromatic rings. The molecule has 0 aliphatic carbocycles. The Kier molecular flexibility index (Phi) is 3.52. The lowest BCUT2D eigenvalue weighted by molar-refractivity contribution is 0.921. The number of aryl methyl sites for hydroxylation is 1. The molecule has 5 heteroatoms. The number of imidazole rings is 1. The Morgan fingerprint density at radius 2 is 2.25 bits per heavy atom. The van der Waals surface area contributed by atoms with Crippen LogP contribution in [0.25, 0.3) is 5.69 Å². The average molecular weight is 318 g/mol. The van der Waals surface area contributed by atoms with Crippen LogP contribution < -0.4 is 0 Å². The van der Waals surface area contributed by atoms with Crippen LogP contribution in [0.3, 0.4) is 0 Å². The molecule has 1 aromatic carbocycles. The number of hydrogen-bond donors (Lipinski definition) is 1. The van der Waals surface area contributed by atoms with Crippen molar-refractivity contribution in [3.8, 4) is 5.69 Å². The Balaban J connectivity index is 2.71. The van der Waals surface area contributed by atoms with Gasteiger partial charge in [-0.05, 0) is 36.8 Å². The lowest BCUT2D eigenvalue weighted by Gasteiger charge is -2.09. The quantitative estimate of drug-likeness (QED) is 0.808. The van der Waals surface area contributed by atoms with Gasteiger partial charge in [0.05, 0.1) is 10.7 Å². The predicted molar refractivity (Wildman–Crippen MR) is 73.0 cm³/mol. The second kappa shape index (κ2) is 4.73. The summed E-state index contributed by atoms with van der Waals surface area (Å²) < 4.78 is 3.61. The highest BCUT2D eigenvalue weighted by Gasteiger charge is 2.08. The van der Waals surface area contributed by atoms with Gasteiger partial charge >= 0.3 is 0 Å². The van der Waals surface area contributed by atoms with E-state index in [9.17, 15) is 0 Å². The lowest BCUT2D eigenvalue weighted by Crippen LogP contribution is -2.00. The fourth-order valence-corrected chi connectivity index (χ4v) is 2.41. The van der Waals surface area contributed by atoms with Gasteiger partial charge < -0.3 is 4.98 Å². The van der Waals surface area contributed by atoms with Gasteiger partial charge in [-0.3, -0.25) is 4.57 Å². The molecule has 0 bridgehead atoms. The summed E-state index contributed by atoms with van der Waals surface area (Å²) in [4.78, 5) is 3.04. The first-order valence-corrected chi connectivity index (χ1v) is 6.46. The van der Waals surface area contributed by atoms with Crippen molar-refractivity contribution >= 4 is 39.7 Å². The normalized spacial score (nSPS) is 10.7. The van der Waals surface area contributed by atoms with Crippen LogP contribution in [0.15, 0.2) is 28.9 Å². The third-order valence-corrected chi connectivity index (χ3v) is 3.48. The van der Waals surface area contributed by atoms with Crippen molar-refractivity contribution in [1.29, 1.82) is 0 Å². The lowest BCUT2D eigenvalue weighted by atomic mass is 10.3. The van der Waals surface area contributed by atoms with Crippen LogP contribution in [0.5, 0.6) is 0 Å². The Bertz CT molecular complexity index is 574. The van der Waals surface area contributed by atoms with Gasteiger partial charge in [0.2, 0.25) is 0 Å². The molecule has 0 saturated carbocycles. The van der Waals surface area contributed by atoms with Gasteiger partial charge in [0, 0.05) is 16.4 Å². The van der Waals surface area contributed by atoms with E-state index in [4.69, 9.17) is 23.8 Å². The maximum atomic E-state index is 6.19. The van der Waals surface area contributed by atoms with Gasteiger partial charge in [-0.1, -0.05) is 34.5 Å². The monoisotopic (exact) mass is 316 g/mol. The van der Waals surface area contributed by atoms with Gasteiger partial charge in [0.1, 0.15) is 0 Å². The molecule has 0 fully saturated rings. The first-order chi connectivity index (χ1) is 7.63. The SMILES string of the molecule is CCc1c[nH]c(=S)n1-c1cc(Br)ccc1Cl. The van der Waals surface area contributed by atoms with E-state index in [2.05, 4.69) is 27.8 Å². The molecule has 0 aliphatic heterocycles. The highest BCUT2D eigenvalue weighted by atomic mass is 79.9. The molecule has 0 unspecified atom stereocenters. The molecule has 1 N–H and O–H groups in total. The summed E-state index contributed by atoms with van der Waals surface area (Å²) in [5.74, 6) is 0. The molecule has 1 aromatic heterocycles. The third kappa shape index (κ3) is 2.10. The van der Waals surface area contributed by atoms with Crippen molar-refractivity contribution in [1.82, 2.24) is 9.55 Å². The minimum Gasteiger partial charge on any atom is -0.337 e. The first-order valence-electron chi connectivity index (χ1n) is 4.88. The summed E-state index contributed by atoms with van der Waals surface area (Å²) in [6, 6.07) is 5.73. The van der Waals surface area contributed by atoms with Crippen molar-refractivity contribution in [2.45, 2.75) is 13.3 Å². The van der Waals surface area contributed by atoms with E-state index in [1.165, 1.54) is 0 Å². The number of hydrogen-bond acceptors (Lipinski definition) is 1. The second-order valence-corrected chi connectivity index (χ2v) is 5.08. The molecule has 0 spiro atoms. The van der Waals surface area contributed by atoms with Crippen molar-refractivity contribution < 1.29 is 0 Å². The Hall–Kier alpha value is -0.580. The summed E-state index contributed by atoms with van der Waals surface area (Å²) in [5.41, 5.74) is 2.02. The Morgan fingerprint density at radius 1 is 1.50 bits per heavy atom. The summed E-state index contributed by atoms with van der Waals surface area (Å²) in [6.07, 6.45) is 2.82. The van der Waals surface area contributed by atoms with Gasteiger partial charge in [0.25, 0.3) is 0 Å². The zero-order valence-electron chi connectivity index (χ0n) is 8.63. The molecular formula is C11H10BrClN2S. The molecule has 16 heavy (non-hydrogen) atoms. The summed E-state index contributed by atoms with van der Waals surface area (Å²) >= 11 is 14.9. The van der Waals surface area contributed by atoms with Crippen molar-refractivity contribution in [2.75, 3.05) is 0 Å². The van der Waals surface area contributed by atoms with E-state index < -0.39 is 0 Å². The minimum atomic E-state index is 0.664. The zero-order valence-corrected chi connectivity index (χ0v) is 11.8. The predicted octanol–water partition coefficient (Wildman–Crippen LogP) is 4.51. The Morgan fingerprint density at radius 3 is 2.94 bits per heavy atom. The molecular weight excluding hydrogens is 308 g/mol. The van der Waals surface area contributed by atoms with Crippen LogP contribution in [-0.4, -0.2) is 9.55 Å². The minimum absolute atomic E-state index is 0.664. The molecule has 2 nitrogen and oxygen atoms in total. The summed E-state index contributed by atoms with van der Waals surface area (Å²) in [7, 11) is 0. The maximum absolute atomic E-state index is 6.19. The van der Waals surface area contributed by atoms with E-state index in [-0.39, 0.29) is 0 Å². The Labute approximate surface area is 112 Å². The van der Waals surface area contributed by atoms with E-state index in [1.807, 2.05) is 29.0 Å². The summed E-state index contributed by atoms with van der Waals surface area (Å²) in [5, 5.41) is 0.689. The number of rotatable bonds is 2. The number of benzene rings is 1. The molecule has 0 atom stereocenters. The van der Waals surface area contributed by atoms with Gasteiger partial charge in [-0.2, -0.15) is 0 Å². The van der Waals surface area contributed by atoms with Gasteiger partial charge in [-0.25, -0.2) is 0 Å². The second-order valence-electron chi connectivity index (χ2n) is 3.37. The van der Waals surface area contributed by atoms with Crippen LogP contribution in [0.1, 0.15) is 12.6 Å². The zero-order chi connectivity index (χ0) is 11.7. The molecule has 1 heterocycles. The highest BCUT2D eigenvalue weighted by Crippen LogP contribution is 2.26. The maximum Gasteiger partial charge on any atom is 0.182 e. The van der Waals surface area contributed by atoms with Gasteiger partial charge in [-0.15, -0.1) is 0 Å². The summed E-state index contributed by atoms with van der Waals surface area (Å²) in [6.45, 7) is 2.08. The van der Waals surface area contributed by atoms with Crippen molar-refractivity contribution in [3.63, 3.8) is 0 Å². The average Bonchev–Trinajstić information content (AvgIpc) is 2.63.